The molecule has 0 aliphatic carbocycles. The number of nitrogens with zero attached hydrogens (tertiary/aromatic N) is 2. The zero-order valence-electron chi connectivity index (χ0n) is 20.8. The molecule has 0 bridgehead atoms. The van der Waals surface area contributed by atoms with Crippen LogP contribution in [0, 0.1) is 5.92 Å². The molecule has 0 unspecified atom stereocenters. The van der Waals surface area contributed by atoms with Crippen LogP contribution in [0.2, 0.25) is 0 Å². The Morgan fingerprint density at radius 3 is 2.64 bits per heavy atom. The van der Waals surface area contributed by atoms with Gasteiger partial charge in [0.2, 0.25) is 17.7 Å². The quantitative estimate of drug-likeness (QED) is 0.445. The van der Waals surface area contributed by atoms with Gasteiger partial charge in [0, 0.05) is 24.0 Å². The number of hydrogen-bond acceptors (Lipinski definition) is 7. The third kappa shape index (κ3) is 8.04. The highest BCUT2D eigenvalue weighted by molar-refractivity contribution is 7.13. The second-order valence-corrected chi connectivity index (χ2v) is 9.94. The fourth-order valence-corrected chi connectivity index (χ4v) is 4.57. The van der Waals surface area contributed by atoms with E-state index in [1.54, 1.807) is 36.8 Å². The van der Waals surface area contributed by atoms with E-state index in [0.29, 0.717) is 41.6 Å². The van der Waals surface area contributed by atoms with E-state index in [9.17, 15) is 19.2 Å². The van der Waals surface area contributed by atoms with Gasteiger partial charge in [0.15, 0.2) is 5.13 Å². The monoisotopic (exact) mass is 515 g/mol. The molecule has 1 aliphatic rings. The van der Waals surface area contributed by atoms with Gasteiger partial charge in [-0.2, -0.15) is 0 Å². The Labute approximate surface area is 214 Å². The molecule has 1 aliphatic heterocycles. The zero-order chi connectivity index (χ0) is 26.1. The normalized spacial score (nSPS) is 15.6. The Kier molecular flexibility index (Phi) is 9.80. The lowest BCUT2D eigenvalue weighted by atomic mass is 10.1. The van der Waals surface area contributed by atoms with E-state index in [2.05, 4.69) is 20.9 Å². The predicted molar refractivity (Wildman–Crippen MR) is 137 cm³/mol. The van der Waals surface area contributed by atoms with Crippen LogP contribution in [0.1, 0.15) is 49.2 Å². The fourth-order valence-electron chi connectivity index (χ4n) is 3.84. The molecule has 36 heavy (non-hydrogen) atoms. The SMILES string of the molecule is COc1ccc(C(=O)N(CC(=O)Nc2nc(CC(=O)N[C@H]3CCCCNC3=O)cs2)CC(C)C)cc1. The van der Waals surface area contributed by atoms with Crippen LogP contribution in [-0.4, -0.2) is 66.3 Å². The maximum Gasteiger partial charge on any atom is 0.254 e. The molecule has 0 spiro atoms. The number of nitrogens with one attached hydrogen (secondary N) is 3. The van der Waals surface area contributed by atoms with Crippen LogP contribution in [0.4, 0.5) is 5.13 Å². The number of ether oxygens (including phenoxy) is 1. The van der Waals surface area contributed by atoms with E-state index in [1.165, 1.54) is 16.2 Å². The Balaban J connectivity index is 1.55. The minimum absolute atomic E-state index is 0.00554. The third-order valence-electron chi connectivity index (χ3n) is 5.55. The van der Waals surface area contributed by atoms with Crippen LogP contribution < -0.4 is 20.7 Å². The Morgan fingerprint density at radius 1 is 1.19 bits per heavy atom. The molecule has 10 nitrogen and oxygen atoms in total. The van der Waals surface area contributed by atoms with E-state index in [-0.39, 0.29) is 42.5 Å². The number of aromatic nitrogens is 1. The molecule has 1 saturated heterocycles. The molecule has 1 aromatic heterocycles. The van der Waals surface area contributed by atoms with Crippen molar-refractivity contribution in [2.75, 3.05) is 32.1 Å². The van der Waals surface area contributed by atoms with E-state index in [1.807, 2.05) is 13.8 Å². The maximum absolute atomic E-state index is 13.0. The highest BCUT2D eigenvalue weighted by Crippen LogP contribution is 2.17. The number of carbonyl (C=O) groups is 4. The Hall–Kier alpha value is -3.47. The van der Waals surface area contributed by atoms with Crippen LogP contribution in [0.25, 0.3) is 0 Å². The molecular weight excluding hydrogens is 482 g/mol. The molecule has 1 aromatic carbocycles. The summed E-state index contributed by atoms with van der Waals surface area (Å²) < 4.78 is 5.14. The van der Waals surface area contributed by atoms with Crippen molar-refractivity contribution in [1.82, 2.24) is 20.5 Å². The van der Waals surface area contributed by atoms with E-state index < -0.39 is 6.04 Å². The van der Waals surface area contributed by atoms with Crippen molar-refractivity contribution in [3.05, 3.63) is 40.9 Å². The molecule has 194 valence electrons. The molecule has 0 saturated carbocycles. The number of amides is 4. The summed E-state index contributed by atoms with van der Waals surface area (Å²) in [5.74, 6) is -0.278. The second-order valence-electron chi connectivity index (χ2n) is 9.08. The first-order chi connectivity index (χ1) is 17.2. The number of thiazole rings is 1. The highest BCUT2D eigenvalue weighted by Gasteiger charge is 2.23. The summed E-state index contributed by atoms with van der Waals surface area (Å²) in [5, 5.41) is 10.3. The lowest BCUT2D eigenvalue weighted by molar-refractivity contribution is -0.128. The average molecular weight is 516 g/mol. The summed E-state index contributed by atoms with van der Waals surface area (Å²) in [6.07, 6.45) is 2.38. The van der Waals surface area contributed by atoms with E-state index in [0.717, 1.165) is 12.8 Å². The number of anilines is 1. The van der Waals surface area contributed by atoms with Gasteiger partial charge in [-0.05, 0) is 49.4 Å². The van der Waals surface area contributed by atoms with Gasteiger partial charge in [-0.15, -0.1) is 11.3 Å². The largest absolute Gasteiger partial charge is 0.497 e. The van der Waals surface area contributed by atoms with Gasteiger partial charge in [-0.25, -0.2) is 4.98 Å². The van der Waals surface area contributed by atoms with Crippen molar-refractivity contribution in [2.45, 2.75) is 45.6 Å². The topological polar surface area (TPSA) is 130 Å². The van der Waals surface area contributed by atoms with Crippen molar-refractivity contribution in [2.24, 2.45) is 5.92 Å². The first kappa shape index (κ1) is 27.1. The number of hydrogen-bond donors (Lipinski definition) is 3. The first-order valence-electron chi connectivity index (χ1n) is 12.0. The first-order valence-corrected chi connectivity index (χ1v) is 12.9. The minimum Gasteiger partial charge on any atom is -0.497 e. The zero-order valence-corrected chi connectivity index (χ0v) is 21.7. The van der Waals surface area contributed by atoms with Crippen LogP contribution in [-0.2, 0) is 20.8 Å². The maximum atomic E-state index is 13.0. The number of benzene rings is 1. The molecule has 4 amide bonds. The predicted octanol–water partition coefficient (Wildman–Crippen LogP) is 2.22. The second kappa shape index (κ2) is 13.0. The van der Waals surface area contributed by atoms with Crippen molar-refractivity contribution in [1.29, 1.82) is 0 Å². The highest BCUT2D eigenvalue weighted by atomic mass is 32.1. The molecule has 3 N–H and O–H groups in total. The van der Waals surface area contributed by atoms with Crippen molar-refractivity contribution in [3.63, 3.8) is 0 Å². The van der Waals surface area contributed by atoms with E-state index >= 15 is 0 Å². The molecule has 1 fully saturated rings. The van der Waals surface area contributed by atoms with Gasteiger partial charge < -0.3 is 25.6 Å². The summed E-state index contributed by atoms with van der Waals surface area (Å²) in [7, 11) is 1.55. The lowest BCUT2D eigenvalue weighted by Gasteiger charge is -2.24. The molecule has 11 heteroatoms. The van der Waals surface area contributed by atoms with Crippen molar-refractivity contribution < 1.29 is 23.9 Å². The van der Waals surface area contributed by atoms with Crippen LogP contribution >= 0.6 is 11.3 Å². The third-order valence-corrected chi connectivity index (χ3v) is 6.36. The van der Waals surface area contributed by atoms with Gasteiger partial charge in [-0.3, -0.25) is 19.2 Å². The number of carbonyl (C=O) groups excluding carboxylic acids is 4. The Bertz CT molecular complexity index is 1070. The fraction of sp³-hybridized carbons (Fsp3) is 0.480. The number of rotatable bonds is 10. The van der Waals surface area contributed by atoms with Crippen molar-refractivity contribution >= 4 is 40.1 Å². The number of methoxy groups -OCH3 is 1. The lowest BCUT2D eigenvalue weighted by Crippen LogP contribution is -2.46. The summed E-state index contributed by atoms with van der Waals surface area (Å²) in [5.41, 5.74) is 0.962. The molecule has 1 atom stereocenters. The van der Waals surface area contributed by atoms with Gasteiger partial charge in [0.25, 0.3) is 5.91 Å². The standard InChI is InChI=1S/C25H33N5O5S/c1-16(2)13-30(24(34)17-7-9-19(35-3)10-8-17)14-22(32)29-25-27-18(15-36-25)12-21(31)28-20-6-4-5-11-26-23(20)33/h7-10,15-16,20H,4-6,11-14H2,1-3H3,(H,26,33)(H,28,31)(H,27,29,32)/t20-/m0/s1. The Morgan fingerprint density at radius 2 is 1.94 bits per heavy atom. The average Bonchev–Trinajstić information content (AvgIpc) is 3.17. The van der Waals surface area contributed by atoms with Crippen molar-refractivity contribution in [3.8, 4) is 5.75 Å². The van der Waals surface area contributed by atoms with Crippen LogP contribution in [0.3, 0.4) is 0 Å². The molecule has 0 radical (unpaired) electrons. The van der Waals surface area contributed by atoms with E-state index in [4.69, 9.17) is 4.74 Å². The van der Waals surface area contributed by atoms with Gasteiger partial charge in [0.05, 0.1) is 19.2 Å². The van der Waals surface area contributed by atoms with Crippen LogP contribution in [0.15, 0.2) is 29.6 Å². The summed E-state index contributed by atoms with van der Waals surface area (Å²) >= 11 is 1.20. The summed E-state index contributed by atoms with van der Waals surface area (Å²) in [6.45, 7) is 4.86. The molecule has 2 heterocycles. The van der Waals surface area contributed by atoms with Gasteiger partial charge in [0.1, 0.15) is 18.3 Å². The van der Waals surface area contributed by atoms with Crippen LogP contribution in [0.5, 0.6) is 5.75 Å². The summed E-state index contributed by atoms with van der Waals surface area (Å²) in [6, 6.07) is 6.21. The van der Waals surface area contributed by atoms with Gasteiger partial charge >= 0.3 is 0 Å². The molecule has 3 rings (SSSR count). The molecular formula is C25H33N5O5S. The molecule has 2 aromatic rings. The minimum atomic E-state index is -0.534. The van der Waals surface area contributed by atoms with Gasteiger partial charge in [-0.1, -0.05) is 13.8 Å². The smallest absolute Gasteiger partial charge is 0.254 e. The summed E-state index contributed by atoms with van der Waals surface area (Å²) in [4.78, 5) is 56.0.